The van der Waals surface area contributed by atoms with Crippen molar-refractivity contribution in [3.8, 4) is 5.88 Å². The van der Waals surface area contributed by atoms with Crippen LogP contribution in [0.4, 0.5) is 0 Å². The Kier molecular flexibility index (Phi) is 10.3. The zero-order valence-corrected chi connectivity index (χ0v) is 23.2. The van der Waals surface area contributed by atoms with Gasteiger partial charge in [0.25, 0.3) is 0 Å². The maximum absolute atomic E-state index is 12.4. The molecule has 2 amide bonds. The van der Waals surface area contributed by atoms with Crippen molar-refractivity contribution in [1.29, 1.82) is 0 Å². The molecule has 0 saturated carbocycles. The van der Waals surface area contributed by atoms with E-state index in [1.165, 1.54) is 6.07 Å². The lowest BCUT2D eigenvalue weighted by molar-refractivity contribution is -0.131. The maximum Gasteiger partial charge on any atom is 0.246 e. The molecule has 0 saturated heterocycles. The number of rotatable bonds is 6. The SMILES string of the molecule is Cc1cc(OC(NC(=O)C(C)(C)C)C(Cl)(Cl)Cl)nc(SC(NC(=O)C(C)(C)C)=C(Cl)Cl)n1. The first kappa shape index (κ1) is 29.4. The molecule has 0 aliphatic heterocycles. The van der Waals surface area contributed by atoms with Crippen molar-refractivity contribution in [3.05, 3.63) is 21.3 Å². The Bertz CT molecular complexity index is 888. The van der Waals surface area contributed by atoms with Crippen LogP contribution in [-0.4, -0.2) is 31.8 Å². The van der Waals surface area contributed by atoms with E-state index in [1.54, 1.807) is 48.5 Å². The number of aryl methyl sites for hydroxylation is 1. The number of ether oxygens (including phenoxy) is 1. The van der Waals surface area contributed by atoms with Gasteiger partial charge in [-0.25, -0.2) is 4.98 Å². The summed E-state index contributed by atoms with van der Waals surface area (Å²) in [6.45, 7) is 12.0. The van der Waals surface area contributed by atoms with Crippen molar-refractivity contribution in [3.63, 3.8) is 0 Å². The maximum atomic E-state index is 12.4. The molecule has 1 heterocycles. The van der Waals surface area contributed by atoms with Gasteiger partial charge in [0.15, 0.2) is 5.16 Å². The summed E-state index contributed by atoms with van der Waals surface area (Å²) in [4.78, 5) is 33.2. The van der Waals surface area contributed by atoms with Gasteiger partial charge < -0.3 is 15.4 Å². The lowest BCUT2D eigenvalue weighted by Gasteiger charge is -2.29. The molecule has 0 aliphatic carbocycles. The van der Waals surface area contributed by atoms with Crippen LogP contribution in [0.2, 0.25) is 0 Å². The molecular formula is C19H25Cl5N4O3S. The number of carbonyl (C=O) groups excluding carboxylic acids is 2. The highest BCUT2D eigenvalue weighted by Crippen LogP contribution is 2.34. The average molecular weight is 567 g/mol. The Morgan fingerprint density at radius 1 is 1.00 bits per heavy atom. The van der Waals surface area contributed by atoms with Crippen LogP contribution in [0.1, 0.15) is 47.2 Å². The zero-order valence-electron chi connectivity index (χ0n) is 18.6. The quantitative estimate of drug-likeness (QED) is 0.193. The minimum atomic E-state index is -1.99. The highest BCUT2D eigenvalue weighted by molar-refractivity contribution is 8.03. The first-order valence-corrected chi connectivity index (χ1v) is 12.0. The molecule has 7 nitrogen and oxygen atoms in total. The smallest absolute Gasteiger partial charge is 0.246 e. The van der Waals surface area contributed by atoms with E-state index in [9.17, 15) is 9.59 Å². The van der Waals surface area contributed by atoms with Crippen molar-refractivity contribution >= 4 is 81.6 Å². The Morgan fingerprint density at radius 3 is 1.97 bits per heavy atom. The molecule has 2 N–H and O–H groups in total. The second-order valence-electron chi connectivity index (χ2n) is 8.79. The van der Waals surface area contributed by atoms with Crippen LogP contribution in [0.3, 0.4) is 0 Å². The molecule has 1 rings (SSSR count). The highest BCUT2D eigenvalue weighted by atomic mass is 35.6. The summed E-state index contributed by atoms with van der Waals surface area (Å²) in [5, 5.41) is 5.51. The van der Waals surface area contributed by atoms with E-state index in [0.29, 0.717) is 5.69 Å². The molecule has 0 spiro atoms. The molecule has 0 radical (unpaired) electrons. The Labute approximate surface area is 217 Å². The van der Waals surface area contributed by atoms with Crippen LogP contribution in [0.5, 0.6) is 5.88 Å². The minimum Gasteiger partial charge on any atom is -0.449 e. The van der Waals surface area contributed by atoms with Gasteiger partial charge in [-0.2, -0.15) is 4.98 Å². The second kappa shape index (κ2) is 11.2. The summed E-state index contributed by atoms with van der Waals surface area (Å²) in [5.74, 6) is -0.667. The van der Waals surface area contributed by atoms with Crippen LogP contribution in [-0.2, 0) is 9.59 Å². The van der Waals surface area contributed by atoms with Gasteiger partial charge in [0.2, 0.25) is 27.7 Å². The van der Waals surface area contributed by atoms with E-state index in [0.717, 1.165) is 11.8 Å². The molecule has 13 heteroatoms. The third-order valence-electron chi connectivity index (χ3n) is 3.56. The highest BCUT2D eigenvalue weighted by Gasteiger charge is 2.38. The number of alkyl halides is 3. The van der Waals surface area contributed by atoms with E-state index >= 15 is 0 Å². The number of carbonyl (C=O) groups is 2. The number of halogens is 5. The number of hydrogen-bond acceptors (Lipinski definition) is 6. The van der Waals surface area contributed by atoms with Crippen molar-refractivity contribution < 1.29 is 14.3 Å². The molecule has 32 heavy (non-hydrogen) atoms. The standard InChI is InChI=1S/C19H25Cl5N4O3S/c1-9-8-10(31-15(19(22,23)24)28-14(30)18(5,6)7)26-16(25-9)32-12(11(20)21)27-13(29)17(2,3)4/h8,15H,1-7H3,(H,27,29)(H,28,30). The molecular weight excluding hydrogens is 542 g/mol. The van der Waals surface area contributed by atoms with Gasteiger partial charge in [0, 0.05) is 22.6 Å². The van der Waals surface area contributed by atoms with E-state index in [-0.39, 0.29) is 26.5 Å². The van der Waals surface area contributed by atoms with Crippen LogP contribution in [0.15, 0.2) is 20.7 Å². The molecule has 0 aliphatic rings. The zero-order chi connectivity index (χ0) is 25.1. The molecule has 0 bridgehead atoms. The topological polar surface area (TPSA) is 93.2 Å². The minimum absolute atomic E-state index is 0.0257. The Morgan fingerprint density at radius 2 is 1.53 bits per heavy atom. The average Bonchev–Trinajstić information content (AvgIpc) is 2.57. The van der Waals surface area contributed by atoms with E-state index in [2.05, 4.69) is 20.6 Å². The third kappa shape index (κ3) is 9.69. The molecule has 1 aromatic rings. The van der Waals surface area contributed by atoms with E-state index < -0.39 is 26.8 Å². The summed E-state index contributed by atoms with van der Waals surface area (Å²) in [6.07, 6.45) is -1.33. The number of nitrogens with one attached hydrogen (secondary N) is 2. The first-order chi connectivity index (χ1) is 14.3. The lowest BCUT2D eigenvalue weighted by atomic mass is 9.96. The van der Waals surface area contributed by atoms with E-state index in [1.807, 2.05) is 0 Å². The molecule has 1 atom stereocenters. The van der Waals surface area contributed by atoms with Gasteiger partial charge in [0.05, 0.1) is 0 Å². The largest absolute Gasteiger partial charge is 0.449 e. The Balaban J connectivity index is 3.18. The van der Waals surface area contributed by atoms with Gasteiger partial charge in [-0.1, -0.05) is 99.5 Å². The number of thioether (sulfide) groups is 1. The van der Waals surface area contributed by atoms with Gasteiger partial charge in [-0.3, -0.25) is 9.59 Å². The summed E-state index contributed by atoms with van der Waals surface area (Å²) in [6, 6.07) is 1.50. The fraction of sp³-hybridized carbons (Fsp3) is 0.579. The van der Waals surface area contributed by atoms with Crippen molar-refractivity contribution in [2.75, 3.05) is 0 Å². The van der Waals surface area contributed by atoms with Gasteiger partial charge in [-0.05, 0) is 18.7 Å². The van der Waals surface area contributed by atoms with Crippen LogP contribution >= 0.6 is 69.8 Å². The van der Waals surface area contributed by atoms with Crippen LogP contribution in [0, 0.1) is 17.8 Å². The number of amides is 2. The fourth-order valence-corrected chi connectivity index (χ4v) is 3.10. The summed E-state index contributed by atoms with van der Waals surface area (Å²) in [5.41, 5.74) is -0.920. The van der Waals surface area contributed by atoms with Crippen molar-refractivity contribution in [2.45, 2.75) is 63.6 Å². The van der Waals surface area contributed by atoms with Gasteiger partial charge >= 0.3 is 0 Å². The van der Waals surface area contributed by atoms with Crippen LogP contribution in [0.25, 0.3) is 0 Å². The Hall–Kier alpha value is -0.640. The number of aromatic nitrogens is 2. The molecule has 0 aromatic carbocycles. The van der Waals surface area contributed by atoms with Crippen molar-refractivity contribution in [2.24, 2.45) is 10.8 Å². The monoisotopic (exact) mass is 564 g/mol. The first-order valence-electron chi connectivity index (χ1n) is 9.25. The van der Waals surface area contributed by atoms with Gasteiger partial charge in [0.1, 0.15) is 9.52 Å². The summed E-state index contributed by atoms with van der Waals surface area (Å²) < 4.78 is 3.52. The summed E-state index contributed by atoms with van der Waals surface area (Å²) in [7, 11) is 0. The molecule has 0 fully saturated rings. The summed E-state index contributed by atoms with van der Waals surface area (Å²) >= 11 is 30.8. The predicted octanol–water partition coefficient (Wildman–Crippen LogP) is 5.88. The molecule has 180 valence electrons. The number of nitrogens with zero attached hydrogens (tertiary/aromatic N) is 2. The molecule has 1 aromatic heterocycles. The van der Waals surface area contributed by atoms with E-state index in [4.69, 9.17) is 62.7 Å². The normalized spacial score (nSPS) is 13.2. The number of hydrogen-bond donors (Lipinski definition) is 2. The second-order valence-corrected chi connectivity index (χ2v) is 13.1. The fourth-order valence-electron chi connectivity index (χ4n) is 1.75. The van der Waals surface area contributed by atoms with Crippen LogP contribution < -0.4 is 15.4 Å². The van der Waals surface area contributed by atoms with Crippen molar-refractivity contribution in [1.82, 2.24) is 20.6 Å². The van der Waals surface area contributed by atoms with Gasteiger partial charge in [-0.15, -0.1) is 0 Å². The third-order valence-corrected chi connectivity index (χ3v) is 5.63. The lowest BCUT2D eigenvalue weighted by Crippen LogP contribution is -2.51. The molecule has 1 unspecified atom stereocenters. The predicted molar refractivity (Wildman–Crippen MR) is 131 cm³/mol.